The van der Waals surface area contributed by atoms with Crippen molar-refractivity contribution in [3.8, 4) is 0 Å². The van der Waals surface area contributed by atoms with Crippen LogP contribution in [0, 0.1) is 11.8 Å². The second-order valence-electron chi connectivity index (χ2n) is 5.11. The molecule has 17 heavy (non-hydrogen) atoms. The summed E-state index contributed by atoms with van der Waals surface area (Å²) in [7, 11) is 0. The minimum Gasteiger partial charge on any atom is -0.479 e. The topological polar surface area (TPSA) is 138 Å². The molecule has 0 aromatic carbocycles. The molecule has 98 valence electrons. The van der Waals surface area contributed by atoms with Crippen LogP contribution >= 0.6 is 0 Å². The predicted molar refractivity (Wildman–Crippen MR) is 52.8 cm³/mol. The molecule has 2 aliphatic rings. The molecule has 0 aromatic heterocycles. The van der Waals surface area contributed by atoms with Crippen molar-refractivity contribution in [1.82, 2.24) is 0 Å². The van der Waals surface area contributed by atoms with Gasteiger partial charge in [0.1, 0.15) is 16.8 Å². The number of hydrogen-bond donors (Lipinski definition) is 6. The van der Waals surface area contributed by atoms with Crippen LogP contribution in [-0.2, 0) is 4.79 Å². The van der Waals surface area contributed by atoms with Crippen LogP contribution in [0.2, 0.25) is 0 Å². The van der Waals surface area contributed by atoms with Gasteiger partial charge < -0.3 is 30.6 Å². The first-order valence-electron chi connectivity index (χ1n) is 5.34. The highest BCUT2D eigenvalue weighted by Gasteiger charge is 2.92. The molecule has 3 unspecified atom stereocenters. The smallest absolute Gasteiger partial charge is 0.335 e. The lowest BCUT2D eigenvalue weighted by Gasteiger charge is -2.78. The molecule has 0 bridgehead atoms. The van der Waals surface area contributed by atoms with Crippen LogP contribution in [-0.4, -0.2) is 65.6 Å². The molecule has 0 radical (unpaired) electrons. The van der Waals surface area contributed by atoms with Crippen molar-refractivity contribution in [1.29, 1.82) is 0 Å². The lowest BCUT2D eigenvalue weighted by atomic mass is 9.32. The van der Waals surface area contributed by atoms with E-state index in [1.165, 1.54) is 13.8 Å². The highest BCUT2D eigenvalue weighted by Crippen LogP contribution is 2.69. The Morgan fingerprint density at radius 1 is 1.24 bits per heavy atom. The van der Waals surface area contributed by atoms with Gasteiger partial charge in [0.05, 0.1) is 6.10 Å². The van der Waals surface area contributed by atoms with Crippen molar-refractivity contribution >= 4 is 5.97 Å². The second kappa shape index (κ2) is 2.99. The number of fused-ring (bicyclic) bond motifs is 1. The molecule has 0 amide bonds. The highest BCUT2D eigenvalue weighted by atomic mass is 16.5. The molecule has 2 aliphatic carbocycles. The van der Waals surface area contributed by atoms with Gasteiger partial charge in [0.2, 0.25) is 0 Å². The summed E-state index contributed by atoms with van der Waals surface area (Å²) in [6, 6.07) is 0. The summed E-state index contributed by atoms with van der Waals surface area (Å²) in [5, 5.41) is 58.2. The molecule has 0 aliphatic heterocycles. The molecule has 2 fully saturated rings. The SMILES string of the molecule is CC1C(O)[C@@]2(O)C(C)[C@@](O)([C@H](O)C(=O)O)[C@@]12O. The lowest BCUT2D eigenvalue weighted by molar-refractivity contribution is -0.484. The second-order valence-corrected chi connectivity index (χ2v) is 5.11. The van der Waals surface area contributed by atoms with Crippen LogP contribution in [0.5, 0.6) is 0 Å². The molecule has 0 spiro atoms. The van der Waals surface area contributed by atoms with Gasteiger partial charge in [-0.25, -0.2) is 4.79 Å². The van der Waals surface area contributed by atoms with Gasteiger partial charge in [-0.2, -0.15) is 0 Å². The van der Waals surface area contributed by atoms with Crippen molar-refractivity contribution in [2.75, 3.05) is 0 Å². The quantitative estimate of drug-likeness (QED) is 0.312. The van der Waals surface area contributed by atoms with E-state index in [2.05, 4.69) is 0 Å². The average Bonchev–Trinajstić information content (AvgIpc) is 2.31. The maximum Gasteiger partial charge on any atom is 0.335 e. The maximum absolute atomic E-state index is 10.7. The van der Waals surface area contributed by atoms with Crippen LogP contribution in [0.1, 0.15) is 13.8 Å². The highest BCUT2D eigenvalue weighted by molar-refractivity contribution is 5.75. The van der Waals surface area contributed by atoms with Gasteiger partial charge in [0.15, 0.2) is 6.10 Å². The fraction of sp³-hybridized carbons (Fsp3) is 0.900. The van der Waals surface area contributed by atoms with E-state index in [0.717, 1.165) is 0 Å². The molecular formula is C10H16O7. The summed E-state index contributed by atoms with van der Waals surface area (Å²) >= 11 is 0. The molecule has 2 rings (SSSR count). The largest absolute Gasteiger partial charge is 0.479 e. The summed E-state index contributed by atoms with van der Waals surface area (Å²) in [5.74, 6) is -3.77. The van der Waals surface area contributed by atoms with Gasteiger partial charge in [0.25, 0.3) is 0 Å². The van der Waals surface area contributed by atoms with E-state index in [4.69, 9.17) is 5.11 Å². The Bertz CT molecular complexity index is 385. The third-order valence-corrected chi connectivity index (χ3v) is 4.78. The van der Waals surface area contributed by atoms with Crippen molar-refractivity contribution < 1.29 is 35.4 Å². The molecule has 7 nitrogen and oxygen atoms in total. The summed E-state index contributed by atoms with van der Waals surface area (Å²) in [6.07, 6.45) is -3.48. The Morgan fingerprint density at radius 3 is 2.12 bits per heavy atom. The summed E-state index contributed by atoms with van der Waals surface area (Å²) in [6.45, 7) is 2.64. The number of carboxylic acids is 1. The standard InChI is InChI=1S/C10H16O7/c1-3-5(11)8(15)4(2)9(16,10(3,8)17)6(12)7(13)14/h3-6,11-12,15-17H,1-2H3,(H,13,14)/t3?,4?,5?,6-,8+,9-,10-/m1/s1. The summed E-state index contributed by atoms with van der Waals surface area (Å²) in [4.78, 5) is 10.7. The van der Waals surface area contributed by atoms with E-state index in [1.54, 1.807) is 0 Å². The first-order chi connectivity index (χ1) is 7.57. The number of rotatable bonds is 2. The zero-order chi connectivity index (χ0) is 13.4. The third kappa shape index (κ3) is 0.880. The predicted octanol–water partition coefficient (Wildman–Crippen LogP) is -2.71. The number of hydrogen-bond acceptors (Lipinski definition) is 6. The van der Waals surface area contributed by atoms with Crippen LogP contribution in [0.3, 0.4) is 0 Å². The molecule has 7 atom stereocenters. The Hall–Kier alpha value is -0.730. The van der Waals surface area contributed by atoms with Crippen molar-refractivity contribution in [2.24, 2.45) is 11.8 Å². The molecule has 2 saturated carbocycles. The van der Waals surface area contributed by atoms with Gasteiger partial charge in [-0.1, -0.05) is 13.8 Å². The van der Waals surface area contributed by atoms with E-state index in [1.807, 2.05) is 0 Å². The van der Waals surface area contributed by atoms with Gasteiger partial charge in [-0.05, 0) is 0 Å². The lowest BCUT2D eigenvalue weighted by Crippen LogP contribution is -3.01. The van der Waals surface area contributed by atoms with E-state index < -0.39 is 46.8 Å². The molecule has 0 saturated heterocycles. The fourth-order valence-electron chi connectivity index (χ4n) is 3.60. The van der Waals surface area contributed by atoms with E-state index in [0.29, 0.717) is 0 Å². The van der Waals surface area contributed by atoms with Crippen LogP contribution < -0.4 is 0 Å². The van der Waals surface area contributed by atoms with Crippen molar-refractivity contribution in [2.45, 2.75) is 42.9 Å². The first kappa shape index (κ1) is 12.7. The average molecular weight is 248 g/mol. The van der Waals surface area contributed by atoms with E-state index in [9.17, 15) is 30.3 Å². The summed E-state index contributed by atoms with van der Waals surface area (Å²) < 4.78 is 0. The zero-order valence-electron chi connectivity index (χ0n) is 9.40. The maximum atomic E-state index is 10.7. The minimum absolute atomic E-state index is 0.928. The Morgan fingerprint density at radius 2 is 1.71 bits per heavy atom. The van der Waals surface area contributed by atoms with E-state index >= 15 is 0 Å². The Kier molecular flexibility index (Phi) is 2.23. The van der Waals surface area contributed by atoms with Gasteiger partial charge in [-0.15, -0.1) is 0 Å². The van der Waals surface area contributed by atoms with Crippen LogP contribution in [0.4, 0.5) is 0 Å². The molecule has 0 heterocycles. The van der Waals surface area contributed by atoms with Gasteiger partial charge in [-0.3, -0.25) is 0 Å². The normalized spacial score (nSPS) is 58.6. The Labute approximate surface area is 96.9 Å². The minimum atomic E-state index is -2.37. The molecular weight excluding hydrogens is 232 g/mol. The number of carbonyl (C=O) groups is 1. The Balaban J connectivity index is 2.44. The molecule has 7 heteroatoms. The monoisotopic (exact) mass is 248 g/mol. The van der Waals surface area contributed by atoms with Crippen LogP contribution in [0.25, 0.3) is 0 Å². The summed E-state index contributed by atoms with van der Waals surface area (Å²) in [5.41, 5.74) is -6.56. The number of aliphatic hydroxyl groups excluding tert-OH is 2. The number of carboxylic acid groups (broad SMARTS) is 1. The fourth-order valence-corrected chi connectivity index (χ4v) is 3.60. The van der Waals surface area contributed by atoms with Crippen molar-refractivity contribution in [3.05, 3.63) is 0 Å². The molecule has 6 N–H and O–H groups in total. The van der Waals surface area contributed by atoms with E-state index in [-0.39, 0.29) is 0 Å². The molecule has 0 aromatic rings. The van der Waals surface area contributed by atoms with Crippen LogP contribution in [0.15, 0.2) is 0 Å². The van der Waals surface area contributed by atoms with Gasteiger partial charge >= 0.3 is 5.97 Å². The number of aliphatic hydroxyl groups is 5. The zero-order valence-corrected chi connectivity index (χ0v) is 9.40. The van der Waals surface area contributed by atoms with Crippen molar-refractivity contribution in [3.63, 3.8) is 0 Å². The van der Waals surface area contributed by atoms with Gasteiger partial charge in [0, 0.05) is 11.8 Å². The number of aliphatic carboxylic acids is 1. The first-order valence-corrected chi connectivity index (χ1v) is 5.34. The third-order valence-electron chi connectivity index (χ3n) is 4.78.